The van der Waals surface area contributed by atoms with E-state index < -0.39 is 0 Å². The summed E-state index contributed by atoms with van der Waals surface area (Å²) in [6.07, 6.45) is 5.02. The summed E-state index contributed by atoms with van der Waals surface area (Å²) in [6.45, 7) is 0.627. The number of aryl methyl sites for hydroxylation is 1. The van der Waals surface area contributed by atoms with E-state index in [0.29, 0.717) is 18.2 Å². The van der Waals surface area contributed by atoms with Crippen LogP contribution in [0.5, 0.6) is 0 Å². The lowest BCUT2D eigenvalue weighted by Gasteiger charge is -2.25. The molecule has 0 spiro atoms. The van der Waals surface area contributed by atoms with E-state index in [1.54, 1.807) is 13.2 Å². The fourth-order valence-corrected chi connectivity index (χ4v) is 2.35. The van der Waals surface area contributed by atoms with Crippen LogP contribution in [0.3, 0.4) is 0 Å². The third-order valence-electron chi connectivity index (χ3n) is 3.44. The first-order chi connectivity index (χ1) is 8.56. The van der Waals surface area contributed by atoms with E-state index in [0.717, 1.165) is 25.7 Å². The number of carbonyl (C=O) groups is 1. The van der Waals surface area contributed by atoms with Crippen molar-refractivity contribution in [3.8, 4) is 0 Å². The second-order valence-corrected chi connectivity index (χ2v) is 4.99. The van der Waals surface area contributed by atoms with Gasteiger partial charge in [0.25, 0.3) is 5.91 Å². The lowest BCUT2D eigenvalue weighted by Crippen LogP contribution is -2.32. The Bertz CT molecular complexity index is 422. The van der Waals surface area contributed by atoms with Gasteiger partial charge in [0.05, 0.1) is 11.8 Å². The number of nitrogens with two attached hydrogens (primary N) is 1. The Kier molecular flexibility index (Phi) is 3.86. The highest BCUT2D eigenvalue weighted by molar-refractivity contribution is 5.96. The Balaban J connectivity index is 1.83. The molecule has 1 aromatic heterocycles. The van der Waals surface area contributed by atoms with Crippen molar-refractivity contribution in [1.82, 2.24) is 15.1 Å². The van der Waals surface area contributed by atoms with Crippen LogP contribution in [-0.4, -0.2) is 33.4 Å². The number of nitrogens with one attached hydrogen (secondary N) is 1. The van der Waals surface area contributed by atoms with E-state index in [9.17, 15) is 9.90 Å². The molecule has 0 aliphatic heterocycles. The van der Waals surface area contributed by atoms with Gasteiger partial charge in [-0.15, -0.1) is 0 Å². The number of carbonyl (C=O) groups excluding carboxylic acids is 1. The number of nitrogen functional groups attached to an aromatic ring is 1. The topological polar surface area (TPSA) is 93.2 Å². The van der Waals surface area contributed by atoms with Crippen molar-refractivity contribution >= 4 is 11.6 Å². The van der Waals surface area contributed by atoms with E-state index in [1.807, 2.05) is 0 Å². The Morgan fingerprint density at radius 3 is 2.78 bits per heavy atom. The zero-order chi connectivity index (χ0) is 13.1. The number of anilines is 1. The summed E-state index contributed by atoms with van der Waals surface area (Å²) in [5.74, 6) is 0.224. The molecule has 6 heteroatoms. The number of amides is 1. The van der Waals surface area contributed by atoms with Gasteiger partial charge in [-0.2, -0.15) is 5.10 Å². The smallest absolute Gasteiger partial charge is 0.273 e. The Labute approximate surface area is 106 Å². The molecule has 1 aromatic rings. The number of aliphatic hydroxyl groups excluding tert-OH is 1. The minimum absolute atomic E-state index is 0.164. The molecule has 1 heterocycles. The van der Waals surface area contributed by atoms with Gasteiger partial charge in [0, 0.05) is 19.8 Å². The van der Waals surface area contributed by atoms with E-state index in [-0.39, 0.29) is 17.7 Å². The minimum Gasteiger partial charge on any atom is -0.396 e. The maximum atomic E-state index is 11.9. The van der Waals surface area contributed by atoms with Crippen LogP contribution < -0.4 is 11.1 Å². The van der Waals surface area contributed by atoms with Crippen molar-refractivity contribution in [2.24, 2.45) is 13.0 Å². The van der Waals surface area contributed by atoms with Crippen molar-refractivity contribution in [1.29, 1.82) is 0 Å². The normalized spacial score (nSPS) is 23.9. The summed E-state index contributed by atoms with van der Waals surface area (Å²) >= 11 is 0. The number of aliphatic hydroxyl groups is 1. The Morgan fingerprint density at radius 1 is 1.56 bits per heavy atom. The second-order valence-electron chi connectivity index (χ2n) is 4.99. The average Bonchev–Trinajstić information content (AvgIpc) is 2.67. The maximum absolute atomic E-state index is 11.9. The molecule has 6 nitrogen and oxygen atoms in total. The first-order valence-corrected chi connectivity index (χ1v) is 6.31. The molecule has 1 amide bonds. The van der Waals surface area contributed by atoms with E-state index in [1.165, 1.54) is 4.68 Å². The van der Waals surface area contributed by atoms with Gasteiger partial charge in [-0.1, -0.05) is 0 Å². The highest BCUT2D eigenvalue weighted by Gasteiger charge is 2.21. The monoisotopic (exact) mass is 252 g/mol. The minimum atomic E-state index is -0.223. The van der Waals surface area contributed by atoms with Crippen LogP contribution in [0.25, 0.3) is 0 Å². The molecule has 0 saturated heterocycles. The maximum Gasteiger partial charge on any atom is 0.273 e. The van der Waals surface area contributed by atoms with Crippen molar-refractivity contribution in [3.05, 3.63) is 11.9 Å². The van der Waals surface area contributed by atoms with Crippen LogP contribution in [0, 0.1) is 5.92 Å². The quantitative estimate of drug-likeness (QED) is 0.720. The lowest BCUT2D eigenvalue weighted by atomic mass is 9.87. The van der Waals surface area contributed by atoms with E-state index in [2.05, 4.69) is 10.4 Å². The lowest BCUT2D eigenvalue weighted by molar-refractivity contribution is 0.0906. The SMILES string of the molecule is Cn1cc(N)c(C(=O)NCC2CCC(O)CC2)n1. The summed E-state index contributed by atoms with van der Waals surface area (Å²) in [4.78, 5) is 11.9. The molecule has 0 bridgehead atoms. The molecule has 0 unspecified atom stereocenters. The molecule has 1 aliphatic rings. The summed E-state index contributed by atoms with van der Waals surface area (Å²) in [5, 5.41) is 16.3. The molecule has 1 fully saturated rings. The first-order valence-electron chi connectivity index (χ1n) is 6.31. The molecule has 1 aliphatic carbocycles. The summed E-state index contributed by atoms with van der Waals surface area (Å²) in [5.41, 5.74) is 6.37. The molecule has 0 atom stereocenters. The molecule has 0 radical (unpaired) electrons. The predicted molar refractivity (Wildman–Crippen MR) is 67.9 cm³/mol. The Morgan fingerprint density at radius 2 is 2.22 bits per heavy atom. The number of aromatic nitrogens is 2. The fraction of sp³-hybridized carbons (Fsp3) is 0.667. The molecule has 4 N–H and O–H groups in total. The van der Waals surface area contributed by atoms with Crippen molar-refractivity contribution < 1.29 is 9.90 Å². The summed E-state index contributed by atoms with van der Waals surface area (Å²) in [7, 11) is 1.73. The molecular formula is C12H20N4O2. The van der Waals surface area contributed by atoms with Crippen LogP contribution in [0.1, 0.15) is 36.2 Å². The van der Waals surface area contributed by atoms with Gasteiger partial charge >= 0.3 is 0 Å². The fourth-order valence-electron chi connectivity index (χ4n) is 2.35. The van der Waals surface area contributed by atoms with Crippen molar-refractivity contribution in [3.63, 3.8) is 0 Å². The van der Waals surface area contributed by atoms with Gasteiger partial charge in [-0.05, 0) is 31.6 Å². The molecule has 1 saturated carbocycles. The summed E-state index contributed by atoms with van der Waals surface area (Å²) in [6, 6.07) is 0. The number of nitrogens with zero attached hydrogens (tertiary/aromatic N) is 2. The van der Waals surface area contributed by atoms with Gasteiger partial charge in [0.2, 0.25) is 0 Å². The molecular weight excluding hydrogens is 232 g/mol. The molecule has 2 rings (SSSR count). The average molecular weight is 252 g/mol. The molecule has 100 valence electrons. The predicted octanol–water partition coefficient (Wildman–Crippen LogP) is 0.283. The number of hydrogen-bond acceptors (Lipinski definition) is 4. The van der Waals surface area contributed by atoms with Crippen molar-refractivity contribution in [2.45, 2.75) is 31.8 Å². The Hall–Kier alpha value is -1.56. The third kappa shape index (κ3) is 3.01. The van der Waals surface area contributed by atoms with Gasteiger partial charge in [-0.25, -0.2) is 0 Å². The summed E-state index contributed by atoms with van der Waals surface area (Å²) < 4.78 is 1.53. The van der Waals surface area contributed by atoms with Crippen LogP contribution in [0.4, 0.5) is 5.69 Å². The van der Waals surface area contributed by atoms with Crippen molar-refractivity contribution in [2.75, 3.05) is 12.3 Å². The second kappa shape index (κ2) is 5.39. The molecule has 18 heavy (non-hydrogen) atoms. The zero-order valence-electron chi connectivity index (χ0n) is 10.6. The van der Waals surface area contributed by atoms with Crippen LogP contribution >= 0.6 is 0 Å². The largest absolute Gasteiger partial charge is 0.396 e. The molecule has 0 aromatic carbocycles. The highest BCUT2D eigenvalue weighted by atomic mass is 16.3. The number of rotatable bonds is 3. The van der Waals surface area contributed by atoms with Gasteiger partial charge < -0.3 is 16.2 Å². The van der Waals surface area contributed by atoms with Gasteiger partial charge in [0.15, 0.2) is 5.69 Å². The van der Waals surface area contributed by atoms with Gasteiger partial charge in [-0.3, -0.25) is 9.48 Å². The number of hydrogen-bond donors (Lipinski definition) is 3. The van der Waals surface area contributed by atoms with E-state index >= 15 is 0 Å². The third-order valence-corrected chi connectivity index (χ3v) is 3.44. The van der Waals surface area contributed by atoms with Crippen LogP contribution in [0.15, 0.2) is 6.20 Å². The van der Waals surface area contributed by atoms with Gasteiger partial charge in [0.1, 0.15) is 0 Å². The van der Waals surface area contributed by atoms with Crippen LogP contribution in [0.2, 0.25) is 0 Å². The zero-order valence-corrected chi connectivity index (χ0v) is 10.6. The standard InChI is InChI=1S/C12H20N4O2/c1-16-7-10(13)11(15-16)12(18)14-6-8-2-4-9(17)5-3-8/h7-9,17H,2-6,13H2,1H3,(H,14,18). The van der Waals surface area contributed by atoms with Crippen LogP contribution in [-0.2, 0) is 7.05 Å². The highest BCUT2D eigenvalue weighted by Crippen LogP contribution is 2.23. The van der Waals surface area contributed by atoms with E-state index in [4.69, 9.17) is 5.73 Å². The first kappa shape index (κ1) is 12.9.